The molecule has 106 valence electrons. The van der Waals surface area contributed by atoms with Gasteiger partial charge in [0.05, 0.1) is 18.6 Å². The Kier molecular flexibility index (Phi) is 3.13. The molecule has 4 rings (SSSR count). The number of fused-ring (bicyclic) bond motifs is 1. The molecular formula is C14H17ClN4O. The summed E-state index contributed by atoms with van der Waals surface area (Å²) in [6.45, 7) is 4.68. The summed E-state index contributed by atoms with van der Waals surface area (Å²) >= 11 is 6.36. The van der Waals surface area contributed by atoms with Crippen molar-refractivity contribution in [2.45, 2.75) is 25.4 Å². The fourth-order valence-corrected chi connectivity index (χ4v) is 3.30. The van der Waals surface area contributed by atoms with Crippen LogP contribution in [-0.4, -0.2) is 46.0 Å². The van der Waals surface area contributed by atoms with Crippen LogP contribution in [0.15, 0.2) is 12.3 Å². The third-order valence-electron chi connectivity index (χ3n) is 4.20. The molecule has 2 aliphatic rings. The van der Waals surface area contributed by atoms with Crippen molar-refractivity contribution in [3.63, 3.8) is 0 Å². The van der Waals surface area contributed by atoms with Crippen LogP contribution in [0.4, 0.5) is 0 Å². The molecule has 0 spiro atoms. The molecule has 0 N–H and O–H groups in total. The van der Waals surface area contributed by atoms with E-state index in [0.717, 1.165) is 17.6 Å². The molecule has 2 saturated heterocycles. The van der Waals surface area contributed by atoms with Crippen molar-refractivity contribution in [1.82, 2.24) is 19.7 Å². The first-order chi connectivity index (χ1) is 9.83. The number of halogens is 1. The van der Waals surface area contributed by atoms with E-state index in [9.17, 15) is 0 Å². The van der Waals surface area contributed by atoms with Crippen molar-refractivity contribution in [1.29, 1.82) is 0 Å². The summed E-state index contributed by atoms with van der Waals surface area (Å²) in [5.41, 5.74) is 2.12. The highest BCUT2D eigenvalue weighted by Gasteiger charge is 2.26. The zero-order valence-electron chi connectivity index (χ0n) is 11.3. The second-order valence-electron chi connectivity index (χ2n) is 5.58. The summed E-state index contributed by atoms with van der Waals surface area (Å²) in [6.07, 6.45) is 4.45. The molecule has 0 saturated carbocycles. The van der Waals surface area contributed by atoms with Crippen LogP contribution in [0.25, 0.3) is 11.0 Å². The van der Waals surface area contributed by atoms with Crippen LogP contribution in [0.3, 0.4) is 0 Å². The SMILES string of the molecule is Clc1nn(C2COC2)c2nccc(CN3CCCC3)c12. The van der Waals surface area contributed by atoms with Gasteiger partial charge in [0.1, 0.15) is 6.04 Å². The molecule has 2 aromatic rings. The molecule has 6 heteroatoms. The topological polar surface area (TPSA) is 43.2 Å². The van der Waals surface area contributed by atoms with E-state index in [2.05, 4.69) is 21.0 Å². The first kappa shape index (κ1) is 12.6. The van der Waals surface area contributed by atoms with Gasteiger partial charge in [-0.1, -0.05) is 11.6 Å². The lowest BCUT2D eigenvalue weighted by atomic mass is 10.2. The monoisotopic (exact) mass is 292 g/mol. The van der Waals surface area contributed by atoms with Gasteiger partial charge in [0.2, 0.25) is 0 Å². The number of nitrogens with zero attached hydrogens (tertiary/aromatic N) is 4. The standard InChI is InChI=1S/C14H17ClN4O/c15-13-12-10(7-18-5-1-2-6-18)3-4-16-14(12)19(17-13)11-8-20-9-11/h3-4,11H,1-2,5-9H2. The molecule has 5 nitrogen and oxygen atoms in total. The van der Waals surface area contributed by atoms with E-state index in [4.69, 9.17) is 16.3 Å². The fourth-order valence-electron chi connectivity index (χ4n) is 3.01. The van der Waals surface area contributed by atoms with Crippen molar-refractivity contribution in [2.24, 2.45) is 0 Å². The average molecular weight is 293 g/mol. The lowest BCUT2D eigenvalue weighted by Crippen LogP contribution is -2.31. The lowest BCUT2D eigenvalue weighted by molar-refractivity contribution is -0.0268. The molecule has 0 aliphatic carbocycles. The third kappa shape index (κ3) is 2.01. The number of aromatic nitrogens is 3. The Balaban J connectivity index is 1.75. The Bertz CT molecular complexity index is 631. The predicted molar refractivity (Wildman–Crippen MR) is 76.9 cm³/mol. The zero-order valence-corrected chi connectivity index (χ0v) is 12.0. The molecule has 0 radical (unpaired) electrons. The van der Waals surface area contributed by atoms with Crippen molar-refractivity contribution in [2.75, 3.05) is 26.3 Å². The smallest absolute Gasteiger partial charge is 0.160 e. The quantitative estimate of drug-likeness (QED) is 0.870. The Hall–Kier alpha value is -1.17. The lowest BCUT2D eigenvalue weighted by Gasteiger charge is -2.26. The van der Waals surface area contributed by atoms with Gasteiger partial charge in [0.15, 0.2) is 10.8 Å². The molecule has 20 heavy (non-hydrogen) atoms. The minimum atomic E-state index is 0.277. The summed E-state index contributed by atoms with van der Waals surface area (Å²) in [5.74, 6) is 0. The minimum Gasteiger partial charge on any atom is -0.377 e. The van der Waals surface area contributed by atoms with Gasteiger partial charge < -0.3 is 4.74 Å². The highest BCUT2D eigenvalue weighted by Crippen LogP contribution is 2.30. The molecular weight excluding hydrogens is 276 g/mol. The van der Waals surface area contributed by atoms with Crippen LogP contribution in [0.1, 0.15) is 24.4 Å². The first-order valence-corrected chi connectivity index (χ1v) is 7.52. The van der Waals surface area contributed by atoms with Crippen LogP contribution in [0.5, 0.6) is 0 Å². The molecule has 0 amide bonds. The normalized spacial score (nSPS) is 20.6. The van der Waals surface area contributed by atoms with Gasteiger partial charge in [-0.25, -0.2) is 9.67 Å². The second-order valence-corrected chi connectivity index (χ2v) is 5.94. The minimum absolute atomic E-state index is 0.277. The van der Waals surface area contributed by atoms with Crippen molar-refractivity contribution < 1.29 is 4.74 Å². The number of hydrogen-bond donors (Lipinski definition) is 0. The second kappa shape index (κ2) is 4.98. The molecule has 0 aromatic carbocycles. The highest BCUT2D eigenvalue weighted by atomic mass is 35.5. The third-order valence-corrected chi connectivity index (χ3v) is 4.46. The number of ether oxygens (including phenoxy) is 1. The molecule has 2 fully saturated rings. The Morgan fingerprint density at radius 3 is 2.80 bits per heavy atom. The van der Waals surface area contributed by atoms with E-state index in [-0.39, 0.29) is 6.04 Å². The van der Waals surface area contributed by atoms with E-state index in [1.807, 2.05) is 10.9 Å². The van der Waals surface area contributed by atoms with E-state index in [1.165, 1.54) is 31.5 Å². The van der Waals surface area contributed by atoms with Crippen molar-refractivity contribution in [3.05, 3.63) is 23.0 Å². The molecule has 0 unspecified atom stereocenters. The molecule has 2 aliphatic heterocycles. The van der Waals surface area contributed by atoms with Gasteiger partial charge >= 0.3 is 0 Å². The largest absolute Gasteiger partial charge is 0.377 e. The average Bonchev–Trinajstić information content (AvgIpc) is 2.98. The van der Waals surface area contributed by atoms with E-state index >= 15 is 0 Å². The van der Waals surface area contributed by atoms with E-state index in [1.54, 1.807) is 0 Å². The number of likely N-dealkylation sites (tertiary alicyclic amines) is 1. The Morgan fingerprint density at radius 1 is 1.30 bits per heavy atom. The summed E-state index contributed by atoms with van der Waals surface area (Å²) in [5, 5.41) is 6.04. The van der Waals surface area contributed by atoms with Gasteiger partial charge in [-0.05, 0) is 37.6 Å². The number of rotatable bonds is 3. The highest BCUT2D eigenvalue weighted by molar-refractivity contribution is 6.34. The van der Waals surface area contributed by atoms with Crippen LogP contribution < -0.4 is 0 Å². The number of pyridine rings is 1. The van der Waals surface area contributed by atoms with E-state index in [0.29, 0.717) is 18.4 Å². The maximum absolute atomic E-state index is 6.36. The molecule has 2 aromatic heterocycles. The summed E-state index contributed by atoms with van der Waals surface area (Å²) in [7, 11) is 0. The predicted octanol–water partition coefficient (Wildman–Crippen LogP) is 2.25. The maximum atomic E-state index is 6.36. The van der Waals surface area contributed by atoms with Crippen LogP contribution in [0, 0.1) is 0 Å². The van der Waals surface area contributed by atoms with Crippen molar-refractivity contribution >= 4 is 22.6 Å². The van der Waals surface area contributed by atoms with Crippen molar-refractivity contribution in [3.8, 4) is 0 Å². The van der Waals surface area contributed by atoms with Crippen LogP contribution in [0.2, 0.25) is 5.15 Å². The van der Waals surface area contributed by atoms with Gasteiger partial charge in [-0.2, -0.15) is 5.10 Å². The Labute approximate surface area is 122 Å². The fraction of sp³-hybridized carbons (Fsp3) is 0.571. The molecule has 0 atom stereocenters. The van der Waals surface area contributed by atoms with Gasteiger partial charge in [-0.3, -0.25) is 4.90 Å². The van der Waals surface area contributed by atoms with Gasteiger partial charge in [0, 0.05) is 12.7 Å². The summed E-state index contributed by atoms with van der Waals surface area (Å²) in [6, 6.07) is 2.34. The first-order valence-electron chi connectivity index (χ1n) is 7.14. The Morgan fingerprint density at radius 2 is 2.10 bits per heavy atom. The van der Waals surface area contributed by atoms with Gasteiger partial charge in [0.25, 0.3) is 0 Å². The number of hydrogen-bond acceptors (Lipinski definition) is 4. The summed E-state index contributed by atoms with van der Waals surface area (Å²) in [4.78, 5) is 6.95. The van der Waals surface area contributed by atoms with Gasteiger partial charge in [-0.15, -0.1) is 0 Å². The maximum Gasteiger partial charge on any atom is 0.160 e. The zero-order chi connectivity index (χ0) is 13.5. The molecule has 0 bridgehead atoms. The van der Waals surface area contributed by atoms with Crippen LogP contribution in [-0.2, 0) is 11.3 Å². The summed E-state index contributed by atoms with van der Waals surface area (Å²) < 4.78 is 7.17. The van der Waals surface area contributed by atoms with E-state index < -0.39 is 0 Å². The molecule has 4 heterocycles. The van der Waals surface area contributed by atoms with Crippen LogP contribution >= 0.6 is 11.6 Å².